The number of halogens is 7. The van der Waals surface area contributed by atoms with Gasteiger partial charge >= 0.3 is 6.18 Å². The molecule has 0 aromatic heterocycles. The topological polar surface area (TPSA) is 0 Å². The number of rotatable bonds is 4. The van der Waals surface area contributed by atoms with Gasteiger partial charge in [-0.1, -0.05) is 18.1 Å². The predicted octanol–water partition coefficient (Wildman–Crippen LogP) is 6.33. The molecule has 0 saturated heterocycles. The molecule has 27 heavy (non-hydrogen) atoms. The molecule has 0 aliphatic carbocycles. The number of alkyl halides is 3. The molecule has 0 atom stereocenters. The zero-order chi connectivity index (χ0) is 20.2. The smallest absolute Gasteiger partial charge is 0.206 e. The molecule has 0 nitrogen and oxygen atoms in total. The molecule has 142 valence electrons. The van der Waals surface area contributed by atoms with Crippen LogP contribution in [0.1, 0.15) is 24.5 Å². The molecule has 0 fully saturated rings. The minimum atomic E-state index is -4.93. The Morgan fingerprint density at radius 2 is 1.44 bits per heavy atom. The summed E-state index contributed by atoms with van der Waals surface area (Å²) in [5, 5.41) is 0. The van der Waals surface area contributed by atoms with Crippen molar-refractivity contribution in [3.63, 3.8) is 0 Å². The lowest BCUT2D eigenvalue weighted by Crippen LogP contribution is -2.03. The van der Waals surface area contributed by atoms with Crippen LogP contribution >= 0.6 is 0 Å². The summed E-state index contributed by atoms with van der Waals surface area (Å²) in [5.74, 6) is -2.85. The average Bonchev–Trinajstić information content (AvgIpc) is 2.52. The van der Waals surface area contributed by atoms with Crippen molar-refractivity contribution in [3.05, 3.63) is 70.8 Å². The summed E-state index contributed by atoms with van der Waals surface area (Å²) in [5.41, 5.74) is -1.91. The van der Waals surface area contributed by atoms with Crippen molar-refractivity contribution in [2.75, 3.05) is 0 Å². The Balaban J connectivity index is 2.45. The highest BCUT2D eigenvalue weighted by Crippen LogP contribution is 2.30. The van der Waals surface area contributed by atoms with E-state index in [1.165, 1.54) is 5.92 Å². The van der Waals surface area contributed by atoms with Gasteiger partial charge in [0.2, 0.25) is 0 Å². The summed E-state index contributed by atoms with van der Waals surface area (Å²) in [6, 6.07) is 3.19. The molecule has 0 spiro atoms. The maximum atomic E-state index is 14.3. The first-order valence-corrected chi connectivity index (χ1v) is 7.80. The van der Waals surface area contributed by atoms with Crippen LogP contribution in [0, 0.1) is 35.1 Å². The molecule has 0 saturated carbocycles. The molecule has 0 radical (unpaired) electrons. The van der Waals surface area contributed by atoms with E-state index in [0.717, 1.165) is 18.1 Å². The van der Waals surface area contributed by atoms with Crippen LogP contribution in [-0.2, 0) is 6.42 Å². The Hall–Kier alpha value is -2.75. The first-order chi connectivity index (χ1) is 12.6. The van der Waals surface area contributed by atoms with Gasteiger partial charge in [0, 0.05) is 5.92 Å². The lowest BCUT2D eigenvalue weighted by Gasteiger charge is -2.10. The molecular formula is C20H13F7. The summed E-state index contributed by atoms with van der Waals surface area (Å²) >= 11 is 0. The highest BCUT2D eigenvalue weighted by atomic mass is 19.4. The Morgan fingerprint density at radius 3 is 1.93 bits per heavy atom. The Bertz CT molecular complexity index is 882. The second-order valence-corrected chi connectivity index (χ2v) is 5.60. The van der Waals surface area contributed by atoms with E-state index < -0.39 is 46.1 Å². The van der Waals surface area contributed by atoms with Gasteiger partial charge in [0.15, 0.2) is 0 Å². The molecule has 0 amide bonds. The molecule has 2 aromatic carbocycles. The van der Waals surface area contributed by atoms with Crippen LogP contribution in [0.3, 0.4) is 0 Å². The van der Waals surface area contributed by atoms with E-state index in [9.17, 15) is 30.7 Å². The molecule has 0 N–H and O–H groups in total. The first kappa shape index (κ1) is 20.6. The Morgan fingerprint density at radius 1 is 0.889 bits per heavy atom. The molecule has 2 aromatic rings. The number of allylic oxidation sites excluding steroid dienone is 2. The van der Waals surface area contributed by atoms with E-state index in [1.807, 2.05) is 6.08 Å². The highest BCUT2D eigenvalue weighted by Gasteiger charge is 2.24. The Labute approximate surface area is 151 Å². The van der Waals surface area contributed by atoms with Gasteiger partial charge in [-0.15, -0.1) is 0 Å². The van der Waals surface area contributed by atoms with Gasteiger partial charge in [-0.3, -0.25) is 0 Å². The van der Waals surface area contributed by atoms with Gasteiger partial charge in [-0.05, 0) is 55.2 Å². The summed E-state index contributed by atoms with van der Waals surface area (Å²) in [6.45, 7) is 1.80. The van der Waals surface area contributed by atoms with Gasteiger partial charge in [0.25, 0.3) is 0 Å². The minimum Gasteiger partial charge on any atom is -0.206 e. The summed E-state index contributed by atoms with van der Waals surface area (Å²) in [7, 11) is 0. The van der Waals surface area contributed by atoms with E-state index >= 15 is 0 Å². The second kappa shape index (κ2) is 8.30. The van der Waals surface area contributed by atoms with Crippen molar-refractivity contribution in [1.29, 1.82) is 0 Å². The zero-order valence-corrected chi connectivity index (χ0v) is 14.0. The van der Waals surface area contributed by atoms with Gasteiger partial charge in [-0.25, -0.2) is 17.6 Å². The van der Waals surface area contributed by atoms with Crippen molar-refractivity contribution in [2.45, 2.75) is 25.9 Å². The van der Waals surface area contributed by atoms with Crippen LogP contribution in [0.5, 0.6) is 0 Å². The third kappa shape index (κ3) is 5.36. The van der Waals surface area contributed by atoms with Crippen molar-refractivity contribution >= 4 is 0 Å². The van der Waals surface area contributed by atoms with Crippen molar-refractivity contribution in [1.82, 2.24) is 0 Å². The maximum absolute atomic E-state index is 14.3. The largest absolute Gasteiger partial charge is 0.458 e. The standard InChI is InChI=1S/C20H13F7/c1-2-3-4-5-12-8-17(23)19(18(24)9-12)13-10-15(21)14(16(22)11-13)6-7-20(25,26)27/h2-3,8-11H,4-5H2,1H3/b3-2+. The van der Waals surface area contributed by atoms with E-state index in [-0.39, 0.29) is 0 Å². The number of benzene rings is 2. The third-order valence-electron chi connectivity index (χ3n) is 3.60. The van der Waals surface area contributed by atoms with Crippen molar-refractivity contribution < 1.29 is 30.7 Å². The fourth-order valence-corrected chi connectivity index (χ4v) is 2.43. The maximum Gasteiger partial charge on any atom is 0.458 e. The molecule has 0 bridgehead atoms. The van der Waals surface area contributed by atoms with E-state index in [4.69, 9.17) is 0 Å². The molecule has 0 aliphatic rings. The van der Waals surface area contributed by atoms with Crippen LogP contribution in [0.25, 0.3) is 11.1 Å². The summed E-state index contributed by atoms with van der Waals surface area (Å²) < 4.78 is 92.7. The quantitative estimate of drug-likeness (QED) is 0.327. The Kier molecular flexibility index (Phi) is 6.32. The lowest BCUT2D eigenvalue weighted by atomic mass is 9.99. The molecule has 0 aliphatic heterocycles. The van der Waals surface area contributed by atoms with Gasteiger partial charge in [0.05, 0.1) is 11.1 Å². The van der Waals surface area contributed by atoms with Crippen LogP contribution in [-0.4, -0.2) is 6.18 Å². The number of hydrogen-bond donors (Lipinski definition) is 0. The first-order valence-electron chi connectivity index (χ1n) is 7.80. The molecule has 0 heterocycles. The lowest BCUT2D eigenvalue weighted by molar-refractivity contribution is -0.0696. The zero-order valence-electron chi connectivity index (χ0n) is 14.0. The van der Waals surface area contributed by atoms with E-state index in [1.54, 1.807) is 13.0 Å². The van der Waals surface area contributed by atoms with Crippen LogP contribution in [0.4, 0.5) is 30.7 Å². The predicted molar refractivity (Wildman–Crippen MR) is 87.8 cm³/mol. The summed E-state index contributed by atoms with van der Waals surface area (Å²) in [6.07, 6.45) is -0.401. The molecule has 7 heteroatoms. The molecule has 2 rings (SSSR count). The van der Waals surface area contributed by atoms with Crippen LogP contribution in [0.15, 0.2) is 36.4 Å². The summed E-state index contributed by atoms with van der Waals surface area (Å²) in [4.78, 5) is 0. The van der Waals surface area contributed by atoms with Gasteiger partial charge < -0.3 is 0 Å². The SMILES string of the molecule is C/C=C/CCc1cc(F)c(-c2cc(F)c(C#CC(F)(F)F)c(F)c2)c(F)c1. The normalized spacial score (nSPS) is 11.6. The van der Waals surface area contributed by atoms with E-state index in [2.05, 4.69) is 0 Å². The third-order valence-corrected chi connectivity index (χ3v) is 3.60. The fraction of sp³-hybridized carbons (Fsp3) is 0.200. The van der Waals surface area contributed by atoms with Gasteiger partial charge in [-0.2, -0.15) is 13.2 Å². The van der Waals surface area contributed by atoms with Crippen molar-refractivity contribution in [2.24, 2.45) is 0 Å². The minimum absolute atomic E-state index is 0.362. The molecular weight excluding hydrogens is 373 g/mol. The van der Waals surface area contributed by atoms with Crippen LogP contribution in [0.2, 0.25) is 0 Å². The highest BCUT2D eigenvalue weighted by molar-refractivity contribution is 5.67. The number of hydrogen-bond acceptors (Lipinski definition) is 0. The average molecular weight is 386 g/mol. The van der Waals surface area contributed by atoms with E-state index in [0.29, 0.717) is 30.5 Å². The fourth-order valence-electron chi connectivity index (χ4n) is 2.43. The monoisotopic (exact) mass is 386 g/mol. The van der Waals surface area contributed by atoms with Crippen molar-refractivity contribution in [3.8, 4) is 23.0 Å². The second-order valence-electron chi connectivity index (χ2n) is 5.60. The molecule has 0 unspecified atom stereocenters. The van der Waals surface area contributed by atoms with Gasteiger partial charge in [0.1, 0.15) is 23.3 Å². The van der Waals surface area contributed by atoms with Crippen LogP contribution < -0.4 is 0 Å². The number of aryl methyl sites for hydroxylation is 1.